The number of para-hydroxylation sites is 1. The Morgan fingerprint density at radius 3 is 2.23 bits per heavy atom. The number of hydrogen-bond donors (Lipinski definition) is 1. The van der Waals surface area contributed by atoms with Gasteiger partial charge in [-0.05, 0) is 74.4 Å². The summed E-state index contributed by atoms with van der Waals surface area (Å²) in [6, 6.07) is 21.0. The summed E-state index contributed by atoms with van der Waals surface area (Å²) in [5.74, 6) is -0.308. The van der Waals surface area contributed by atoms with Gasteiger partial charge in [0.25, 0.3) is 10.0 Å². The average molecular weight is 617 g/mol. The van der Waals surface area contributed by atoms with Gasteiger partial charge in [0.15, 0.2) is 0 Å². The number of nitrogens with one attached hydrogen (secondary N) is 1. The SMILES string of the molecule is CC[C@@H](C)NC(=O)[C@H](C)N(Cc1cccc(Br)c1)C(=O)CN(c1ccccc1)S(=O)(=O)c1ccc(OC)cc1. The van der Waals surface area contributed by atoms with Gasteiger partial charge < -0.3 is 15.0 Å². The summed E-state index contributed by atoms with van der Waals surface area (Å²) in [5.41, 5.74) is 1.13. The first-order valence-electron chi connectivity index (χ1n) is 12.6. The van der Waals surface area contributed by atoms with Crippen LogP contribution in [-0.4, -0.2) is 50.9 Å². The molecule has 2 amide bonds. The van der Waals surface area contributed by atoms with Crippen LogP contribution < -0.4 is 14.4 Å². The number of methoxy groups -OCH3 is 1. The van der Waals surface area contributed by atoms with Gasteiger partial charge in [0.1, 0.15) is 18.3 Å². The second-order valence-corrected chi connectivity index (χ2v) is 11.9. The van der Waals surface area contributed by atoms with Gasteiger partial charge in [-0.3, -0.25) is 13.9 Å². The van der Waals surface area contributed by atoms with Gasteiger partial charge in [-0.25, -0.2) is 8.42 Å². The molecule has 3 rings (SSSR count). The lowest BCUT2D eigenvalue weighted by atomic mass is 10.1. The molecule has 208 valence electrons. The standard InChI is InChI=1S/C29H34BrN3O5S/c1-5-21(2)31-29(35)22(3)32(19-23-10-9-11-24(30)18-23)28(34)20-33(25-12-7-6-8-13-25)39(36,37)27-16-14-26(38-4)15-17-27/h6-18,21-22H,5,19-20H2,1-4H3,(H,31,35)/t21-,22+/m1/s1. The summed E-state index contributed by atoms with van der Waals surface area (Å²) in [6.45, 7) is 5.13. The normalized spacial score (nSPS) is 12.7. The number of hydrogen-bond acceptors (Lipinski definition) is 5. The number of ether oxygens (including phenoxy) is 1. The number of carbonyl (C=O) groups is 2. The number of carbonyl (C=O) groups excluding carboxylic acids is 2. The monoisotopic (exact) mass is 615 g/mol. The van der Waals surface area contributed by atoms with E-state index in [1.54, 1.807) is 49.4 Å². The zero-order valence-electron chi connectivity index (χ0n) is 22.5. The fraction of sp³-hybridized carbons (Fsp3) is 0.310. The van der Waals surface area contributed by atoms with E-state index in [2.05, 4.69) is 21.2 Å². The van der Waals surface area contributed by atoms with E-state index >= 15 is 0 Å². The van der Waals surface area contributed by atoms with Crippen molar-refractivity contribution in [3.8, 4) is 5.75 Å². The van der Waals surface area contributed by atoms with Gasteiger partial charge in [0.05, 0.1) is 17.7 Å². The Balaban J connectivity index is 2.00. The highest BCUT2D eigenvalue weighted by Crippen LogP contribution is 2.26. The lowest BCUT2D eigenvalue weighted by Gasteiger charge is -2.32. The predicted molar refractivity (Wildman–Crippen MR) is 156 cm³/mol. The molecule has 0 fully saturated rings. The van der Waals surface area contributed by atoms with Crippen molar-refractivity contribution in [1.82, 2.24) is 10.2 Å². The maximum Gasteiger partial charge on any atom is 0.264 e. The Morgan fingerprint density at radius 2 is 1.64 bits per heavy atom. The van der Waals surface area contributed by atoms with Crippen LogP contribution in [0.5, 0.6) is 5.75 Å². The number of benzene rings is 3. The van der Waals surface area contributed by atoms with E-state index in [0.717, 1.165) is 20.8 Å². The first-order valence-corrected chi connectivity index (χ1v) is 14.9. The maximum atomic E-state index is 13.9. The molecule has 0 spiro atoms. The van der Waals surface area contributed by atoms with Crippen molar-refractivity contribution in [3.05, 3.63) is 88.9 Å². The number of sulfonamides is 1. The van der Waals surface area contributed by atoms with Crippen LogP contribution in [0.2, 0.25) is 0 Å². The molecule has 0 bridgehead atoms. The second kappa shape index (κ2) is 13.6. The average Bonchev–Trinajstić information content (AvgIpc) is 2.94. The van der Waals surface area contributed by atoms with Crippen LogP contribution in [0.15, 0.2) is 88.2 Å². The third kappa shape index (κ3) is 7.83. The molecular weight excluding hydrogens is 582 g/mol. The molecular formula is C29H34BrN3O5S. The van der Waals surface area contributed by atoms with Gasteiger partial charge in [-0.15, -0.1) is 0 Å². The topological polar surface area (TPSA) is 96.0 Å². The molecule has 3 aromatic rings. The molecule has 2 atom stereocenters. The van der Waals surface area contributed by atoms with E-state index in [1.807, 2.05) is 38.1 Å². The van der Waals surface area contributed by atoms with Gasteiger partial charge in [0.2, 0.25) is 11.8 Å². The first-order chi connectivity index (χ1) is 18.6. The van der Waals surface area contributed by atoms with Crippen molar-refractivity contribution >= 4 is 43.5 Å². The smallest absolute Gasteiger partial charge is 0.264 e. The van der Waals surface area contributed by atoms with Crippen LogP contribution in [0.4, 0.5) is 5.69 Å². The lowest BCUT2D eigenvalue weighted by molar-refractivity contribution is -0.139. The first kappa shape index (κ1) is 30.2. The minimum atomic E-state index is -4.13. The van der Waals surface area contributed by atoms with Gasteiger partial charge in [-0.1, -0.05) is 53.2 Å². The van der Waals surface area contributed by atoms with Crippen LogP contribution in [0.25, 0.3) is 0 Å². The lowest BCUT2D eigenvalue weighted by Crippen LogP contribution is -2.52. The quantitative estimate of drug-likeness (QED) is 0.310. The molecule has 0 aliphatic heterocycles. The molecule has 0 unspecified atom stereocenters. The summed E-state index contributed by atoms with van der Waals surface area (Å²) >= 11 is 3.45. The Bertz CT molecular complexity index is 1370. The molecule has 0 saturated carbocycles. The molecule has 8 nitrogen and oxygen atoms in total. The van der Waals surface area contributed by atoms with E-state index in [0.29, 0.717) is 11.4 Å². The summed E-state index contributed by atoms with van der Waals surface area (Å²) in [7, 11) is -2.64. The Hall–Kier alpha value is -3.37. The van der Waals surface area contributed by atoms with Crippen LogP contribution >= 0.6 is 15.9 Å². The summed E-state index contributed by atoms with van der Waals surface area (Å²) < 4.78 is 34.7. The zero-order chi connectivity index (χ0) is 28.6. The van der Waals surface area contributed by atoms with Gasteiger partial charge in [-0.2, -0.15) is 0 Å². The van der Waals surface area contributed by atoms with E-state index < -0.39 is 28.5 Å². The Morgan fingerprint density at radius 1 is 0.974 bits per heavy atom. The van der Waals surface area contributed by atoms with Gasteiger partial charge >= 0.3 is 0 Å². The number of anilines is 1. The predicted octanol–water partition coefficient (Wildman–Crippen LogP) is 4.99. The second-order valence-electron chi connectivity index (χ2n) is 9.17. The molecule has 39 heavy (non-hydrogen) atoms. The fourth-order valence-corrected chi connectivity index (χ4v) is 5.74. The number of halogens is 1. The molecule has 0 aliphatic rings. The van der Waals surface area contributed by atoms with Crippen molar-refractivity contribution in [3.63, 3.8) is 0 Å². The van der Waals surface area contributed by atoms with Crippen LogP contribution in [0.3, 0.4) is 0 Å². The van der Waals surface area contributed by atoms with Crippen molar-refractivity contribution in [2.24, 2.45) is 0 Å². The summed E-state index contributed by atoms with van der Waals surface area (Å²) in [6.07, 6.45) is 0.736. The highest BCUT2D eigenvalue weighted by molar-refractivity contribution is 9.10. The summed E-state index contributed by atoms with van der Waals surface area (Å²) in [4.78, 5) is 28.4. The largest absolute Gasteiger partial charge is 0.497 e. The number of amides is 2. The minimum Gasteiger partial charge on any atom is -0.497 e. The van der Waals surface area contributed by atoms with Crippen molar-refractivity contribution in [2.45, 2.75) is 50.7 Å². The molecule has 10 heteroatoms. The molecule has 0 aromatic heterocycles. The molecule has 3 aromatic carbocycles. The van der Waals surface area contributed by atoms with E-state index in [1.165, 1.54) is 24.1 Å². The molecule has 0 aliphatic carbocycles. The van der Waals surface area contributed by atoms with Crippen molar-refractivity contribution < 1.29 is 22.7 Å². The summed E-state index contributed by atoms with van der Waals surface area (Å²) in [5, 5.41) is 2.93. The highest BCUT2D eigenvalue weighted by atomic mass is 79.9. The fourth-order valence-electron chi connectivity index (χ4n) is 3.88. The maximum absolute atomic E-state index is 13.9. The number of nitrogens with zero attached hydrogens (tertiary/aromatic N) is 2. The molecule has 0 radical (unpaired) electrons. The zero-order valence-corrected chi connectivity index (χ0v) is 24.9. The van der Waals surface area contributed by atoms with E-state index in [-0.39, 0.29) is 23.4 Å². The van der Waals surface area contributed by atoms with Gasteiger partial charge in [0, 0.05) is 17.1 Å². The van der Waals surface area contributed by atoms with E-state index in [4.69, 9.17) is 4.74 Å². The van der Waals surface area contributed by atoms with Crippen LogP contribution in [0.1, 0.15) is 32.8 Å². The van der Waals surface area contributed by atoms with E-state index in [9.17, 15) is 18.0 Å². The molecule has 0 saturated heterocycles. The Kier molecular flexibility index (Phi) is 10.5. The third-order valence-electron chi connectivity index (χ3n) is 6.38. The highest BCUT2D eigenvalue weighted by Gasteiger charge is 2.32. The van der Waals surface area contributed by atoms with Crippen LogP contribution in [0, 0.1) is 0 Å². The third-order valence-corrected chi connectivity index (χ3v) is 8.66. The van der Waals surface area contributed by atoms with Crippen molar-refractivity contribution in [1.29, 1.82) is 0 Å². The van der Waals surface area contributed by atoms with Crippen molar-refractivity contribution in [2.75, 3.05) is 18.0 Å². The Labute approximate surface area is 239 Å². The molecule has 0 heterocycles. The van der Waals surface area contributed by atoms with Crippen LogP contribution in [-0.2, 0) is 26.2 Å². The minimum absolute atomic E-state index is 0.0149. The molecule has 1 N–H and O–H groups in total. The number of rotatable bonds is 12.